The highest BCUT2D eigenvalue weighted by molar-refractivity contribution is 5.95. The van der Waals surface area contributed by atoms with Gasteiger partial charge in [0.15, 0.2) is 0 Å². The Hall–Kier alpha value is -3.35. The number of piperidine rings is 1. The summed E-state index contributed by atoms with van der Waals surface area (Å²) in [6, 6.07) is 16.6. The Bertz CT molecular complexity index is 883. The normalized spacial score (nSPS) is 15.8. The average molecular weight is 424 g/mol. The Labute approximate surface area is 182 Å². The standard InChI is InChI=1S/C24H29N3O4/c1-2-18-10-12-19(13-11-18)23(29)25-26-24(30)20-7-6-15-27(17-20)22(28)14-16-31-21-8-4-3-5-9-21/h3-5,8-13,20H,2,6-7,14-17H2,1H3,(H,25,29)(H,26,30). The Morgan fingerprint density at radius 3 is 2.48 bits per heavy atom. The van der Waals surface area contributed by atoms with E-state index in [2.05, 4.69) is 10.9 Å². The van der Waals surface area contributed by atoms with Gasteiger partial charge in [0.1, 0.15) is 5.75 Å². The number of hydrogen-bond acceptors (Lipinski definition) is 4. The van der Waals surface area contributed by atoms with Crippen LogP contribution in [0.25, 0.3) is 0 Å². The van der Waals surface area contributed by atoms with Crippen molar-refractivity contribution in [3.8, 4) is 5.75 Å². The molecule has 3 amide bonds. The van der Waals surface area contributed by atoms with Gasteiger partial charge in [-0.05, 0) is 49.1 Å². The highest BCUT2D eigenvalue weighted by Gasteiger charge is 2.28. The Morgan fingerprint density at radius 1 is 1.03 bits per heavy atom. The van der Waals surface area contributed by atoms with Crippen LogP contribution in [-0.2, 0) is 16.0 Å². The fourth-order valence-electron chi connectivity index (χ4n) is 3.53. The fourth-order valence-corrected chi connectivity index (χ4v) is 3.53. The van der Waals surface area contributed by atoms with Crippen molar-refractivity contribution in [2.45, 2.75) is 32.6 Å². The molecule has 2 aromatic carbocycles. The van der Waals surface area contributed by atoms with Crippen molar-refractivity contribution < 1.29 is 19.1 Å². The van der Waals surface area contributed by atoms with Crippen LogP contribution in [0.3, 0.4) is 0 Å². The molecule has 0 aromatic heterocycles. The van der Waals surface area contributed by atoms with Crippen LogP contribution >= 0.6 is 0 Å². The van der Waals surface area contributed by atoms with E-state index in [0.717, 1.165) is 24.2 Å². The van der Waals surface area contributed by atoms with Crippen LogP contribution in [0.1, 0.15) is 42.1 Å². The molecule has 0 radical (unpaired) electrons. The molecule has 0 aliphatic carbocycles. The summed E-state index contributed by atoms with van der Waals surface area (Å²) in [4.78, 5) is 39.0. The summed E-state index contributed by atoms with van der Waals surface area (Å²) in [5.41, 5.74) is 6.59. The Kier molecular flexibility index (Phi) is 8.04. The zero-order valence-electron chi connectivity index (χ0n) is 17.8. The van der Waals surface area contributed by atoms with Crippen molar-refractivity contribution in [3.63, 3.8) is 0 Å². The molecule has 31 heavy (non-hydrogen) atoms. The van der Waals surface area contributed by atoms with Crippen molar-refractivity contribution in [2.75, 3.05) is 19.7 Å². The van der Waals surface area contributed by atoms with Crippen LogP contribution in [0.2, 0.25) is 0 Å². The number of carbonyl (C=O) groups is 3. The smallest absolute Gasteiger partial charge is 0.269 e. The van der Waals surface area contributed by atoms with E-state index in [4.69, 9.17) is 4.74 Å². The maximum absolute atomic E-state index is 12.5. The number of rotatable bonds is 7. The SMILES string of the molecule is CCc1ccc(C(=O)NNC(=O)C2CCCN(C(=O)CCOc3ccccc3)C2)cc1. The second kappa shape index (κ2) is 11.2. The maximum atomic E-state index is 12.5. The number of likely N-dealkylation sites (tertiary alicyclic amines) is 1. The van der Waals surface area contributed by atoms with E-state index < -0.39 is 0 Å². The summed E-state index contributed by atoms with van der Waals surface area (Å²) in [6.45, 7) is 3.31. The molecule has 0 saturated carbocycles. The van der Waals surface area contributed by atoms with Gasteiger partial charge in [-0.2, -0.15) is 0 Å². The van der Waals surface area contributed by atoms with Crippen LogP contribution in [0.4, 0.5) is 0 Å². The molecule has 1 unspecified atom stereocenters. The summed E-state index contributed by atoms with van der Waals surface area (Å²) in [7, 11) is 0. The van der Waals surface area contributed by atoms with Gasteiger partial charge in [0.2, 0.25) is 11.8 Å². The molecule has 1 saturated heterocycles. The van der Waals surface area contributed by atoms with Crippen LogP contribution in [0.15, 0.2) is 54.6 Å². The largest absolute Gasteiger partial charge is 0.493 e. The number of hydrogen-bond donors (Lipinski definition) is 2. The first-order chi connectivity index (χ1) is 15.1. The number of hydrazine groups is 1. The first kappa shape index (κ1) is 22.3. The molecule has 1 aliphatic rings. The first-order valence-corrected chi connectivity index (χ1v) is 10.7. The number of carbonyl (C=O) groups excluding carboxylic acids is 3. The van der Waals surface area contributed by atoms with E-state index in [9.17, 15) is 14.4 Å². The minimum Gasteiger partial charge on any atom is -0.493 e. The topological polar surface area (TPSA) is 87.7 Å². The zero-order valence-corrected chi connectivity index (χ0v) is 17.8. The molecular formula is C24H29N3O4. The van der Waals surface area contributed by atoms with Crippen molar-refractivity contribution >= 4 is 17.7 Å². The summed E-state index contributed by atoms with van der Waals surface area (Å²) < 4.78 is 5.59. The minimum absolute atomic E-state index is 0.0338. The number of ether oxygens (including phenoxy) is 1. The van der Waals surface area contributed by atoms with Crippen LogP contribution < -0.4 is 15.6 Å². The third-order valence-corrected chi connectivity index (χ3v) is 5.40. The van der Waals surface area contributed by atoms with Gasteiger partial charge in [0, 0.05) is 18.7 Å². The van der Waals surface area contributed by atoms with Gasteiger partial charge in [-0.25, -0.2) is 0 Å². The lowest BCUT2D eigenvalue weighted by Crippen LogP contribution is -2.50. The van der Waals surface area contributed by atoms with E-state index in [1.54, 1.807) is 17.0 Å². The van der Waals surface area contributed by atoms with Gasteiger partial charge in [-0.15, -0.1) is 0 Å². The lowest BCUT2D eigenvalue weighted by molar-refractivity contribution is -0.136. The number of aryl methyl sites for hydroxylation is 1. The molecule has 0 bridgehead atoms. The van der Waals surface area contributed by atoms with Gasteiger partial charge in [0.05, 0.1) is 18.9 Å². The molecule has 164 valence electrons. The number of nitrogens with zero attached hydrogens (tertiary/aromatic N) is 1. The lowest BCUT2D eigenvalue weighted by atomic mass is 9.97. The van der Waals surface area contributed by atoms with Crippen molar-refractivity contribution in [1.82, 2.24) is 15.8 Å². The second-order valence-electron chi connectivity index (χ2n) is 7.58. The Morgan fingerprint density at radius 2 is 1.77 bits per heavy atom. The molecule has 2 aromatic rings. The molecular weight excluding hydrogens is 394 g/mol. The quantitative estimate of drug-likeness (QED) is 0.671. The second-order valence-corrected chi connectivity index (χ2v) is 7.58. The number of para-hydroxylation sites is 1. The molecule has 1 heterocycles. The third-order valence-electron chi connectivity index (χ3n) is 5.40. The Balaban J connectivity index is 1.42. The van der Waals surface area contributed by atoms with Gasteiger partial charge in [0.25, 0.3) is 5.91 Å². The first-order valence-electron chi connectivity index (χ1n) is 10.7. The summed E-state index contributed by atoms with van der Waals surface area (Å²) in [6.07, 6.45) is 2.58. The van der Waals surface area contributed by atoms with Crippen LogP contribution in [0.5, 0.6) is 5.75 Å². The fraction of sp³-hybridized carbons (Fsp3) is 0.375. The van der Waals surface area contributed by atoms with E-state index in [1.807, 2.05) is 49.4 Å². The molecule has 2 N–H and O–H groups in total. The van der Waals surface area contributed by atoms with Crippen LogP contribution in [-0.4, -0.2) is 42.3 Å². The zero-order chi connectivity index (χ0) is 22.1. The summed E-state index contributed by atoms with van der Waals surface area (Å²) in [5, 5.41) is 0. The number of nitrogens with one attached hydrogen (secondary N) is 2. The molecule has 7 nitrogen and oxygen atoms in total. The van der Waals surface area contributed by atoms with E-state index in [1.165, 1.54) is 0 Å². The monoisotopic (exact) mass is 423 g/mol. The lowest BCUT2D eigenvalue weighted by Gasteiger charge is -2.32. The van der Waals surface area contributed by atoms with Crippen molar-refractivity contribution in [1.29, 1.82) is 0 Å². The number of amides is 3. The van der Waals surface area contributed by atoms with Gasteiger partial charge in [-0.1, -0.05) is 37.3 Å². The highest BCUT2D eigenvalue weighted by Crippen LogP contribution is 2.18. The third kappa shape index (κ3) is 6.57. The highest BCUT2D eigenvalue weighted by atomic mass is 16.5. The van der Waals surface area contributed by atoms with Crippen molar-refractivity contribution in [3.05, 3.63) is 65.7 Å². The van der Waals surface area contributed by atoms with E-state index in [0.29, 0.717) is 31.7 Å². The van der Waals surface area contributed by atoms with E-state index in [-0.39, 0.29) is 30.1 Å². The average Bonchev–Trinajstić information content (AvgIpc) is 2.83. The minimum atomic E-state index is -0.363. The van der Waals surface area contributed by atoms with Gasteiger partial charge >= 0.3 is 0 Å². The van der Waals surface area contributed by atoms with Gasteiger partial charge < -0.3 is 9.64 Å². The van der Waals surface area contributed by atoms with Gasteiger partial charge in [-0.3, -0.25) is 25.2 Å². The summed E-state index contributed by atoms with van der Waals surface area (Å²) in [5.74, 6) is -0.301. The van der Waals surface area contributed by atoms with Crippen LogP contribution in [0, 0.1) is 5.92 Å². The molecule has 1 atom stereocenters. The molecule has 0 spiro atoms. The summed E-state index contributed by atoms with van der Waals surface area (Å²) >= 11 is 0. The molecule has 1 aliphatic heterocycles. The maximum Gasteiger partial charge on any atom is 0.269 e. The predicted molar refractivity (Wildman–Crippen MR) is 117 cm³/mol. The molecule has 1 fully saturated rings. The molecule has 7 heteroatoms. The molecule has 3 rings (SSSR count). The van der Waals surface area contributed by atoms with E-state index >= 15 is 0 Å². The van der Waals surface area contributed by atoms with Crippen molar-refractivity contribution in [2.24, 2.45) is 5.92 Å². The number of benzene rings is 2. The predicted octanol–water partition coefficient (Wildman–Crippen LogP) is 2.72.